The lowest BCUT2D eigenvalue weighted by molar-refractivity contribution is 0.512. The molecule has 1 aromatic carbocycles. The molecule has 19 heavy (non-hydrogen) atoms. The normalized spacial score (nSPS) is 14.3. The number of nitrogens with one attached hydrogen (secondary N) is 1. The number of H-pyrrole nitrogens is 1. The Balaban J connectivity index is 2.07. The van der Waals surface area contributed by atoms with E-state index >= 15 is 0 Å². The largest absolute Gasteiger partial charge is 0.348 e. The molecule has 3 N–H and O–H groups in total. The minimum absolute atomic E-state index is 0.00706. The van der Waals surface area contributed by atoms with Crippen LogP contribution in [-0.4, -0.2) is 9.97 Å². The zero-order valence-corrected chi connectivity index (χ0v) is 12.1. The van der Waals surface area contributed by atoms with Crippen molar-refractivity contribution in [3.63, 3.8) is 0 Å². The number of rotatable bonds is 5. The van der Waals surface area contributed by atoms with Crippen LogP contribution >= 0.6 is 11.6 Å². The second kappa shape index (κ2) is 6.22. The van der Waals surface area contributed by atoms with E-state index in [0.29, 0.717) is 5.92 Å². The van der Waals surface area contributed by atoms with Crippen molar-refractivity contribution < 1.29 is 0 Å². The van der Waals surface area contributed by atoms with Crippen molar-refractivity contribution in [1.29, 1.82) is 0 Å². The van der Waals surface area contributed by atoms with Gasteiger partial charge in [-0.25, -0.2) is 4.98 Å². The van der Waals surface area contributed by atoms with Gasteiger partial charge in [-0.05, 0) is 37.5 Å². The number of hydrogen-bond donors (Lipinski definition) is 2. The van der Waals surface area contributed by atoms with Gasteiger partial charge in [-0.1, -0.05) is 30.7 Å². The maximum atomic E-state index is 6.28. The summed E-state index contributed by atoms with van der Waals surface area (Å²) < 4.78 is 0. The Morgan fingerprint density at radius 2 is 2.00 bits per heavy atom. The highest BCUT2D eigenvalue weighted by Crippen LogP contribution is 2.28. The summed E-state index contributed by atoms with van der Waals surface area (Å²) in [6.45, 7) is 4.16. The summed E-state index contributed by atoms with van der Waals surface area (Å²) >= 11 is 5.89. The lowest BCUT2D eigenvalue weighted by Gasteiger charge is -2.18. The Bertz CT molecular complexity index is 518. The quantitative estimate of drug-likeness (QED) is 0.869. The number of aromatic nitrogens is 2. The Morgan fingerprint density at radius 1 is 1.32 bits per heavy atom. The average molecular weight is 278 g/mol. The van der Waals surface area contributed by atoms with Gasteiger partial charge in [-0.2, -0.15) is 0 Å². The van der Waals surface area contributed by atoms with Crippen LogP contribution in [-0.2, 0) is 0 Å². The Labute approximate surface area is 119 Å². The number of hydrogen-bond acceptors (Lipinski definition) is 2. The third-order valence-electron chi connectivity index (χ3n) is 3.44. The molecule has 4 heteroatoms. The van der Waals surface area contributed by atoms with Crippen LogP contribution in [0.2, 0.25) is 5.02 Å². The fraction of sp³-hybridized carbons (Fsp3) is 0.400. The van der Waals surface area contributed by atoms with Crippen LogP contribution < -0.4 is 5.73 Å². The standard InChI is InChI=1S/C15H20ClN3/c1-3-11(15-18-9-10(2)19-15)8-14(17)12-4-6-13(16)7-5-12/h4-7,9,11,14H,3,8,17H2,1-2H3,(H,18,19). The molecule has 0 saturated heterocycles. The van der Waals surface area contributed by atoms with Crippen molar-refractivity contribution in [3.8, 4) is 0 Å². The highest BCUT2D eigenvalue weighted by atomic mass is 35.5. The summed E-state index contributed by atoms with van der Waals surface area (Å²) in [4.78, 5) is 7.75. The molecule has 0 bridgehead atoms. The van der Waals surface area contributed by atoms with E-state index in [4.69, 9.17) is 17.3 Å². The van der Waals surface area contributed by atoms with Gasteiger partial charge in [0.15, 0.2) is 0 Å². The smallest absolute Gasteiger partial charge is 0.109 e. The van der Waals surface area contributed by atoms with E-state index in [1.165, 1.54) is 0 Å². The van der Waals surface area contributed by atoms with E-state index in [0.717, 1.165) is 34.9 Å². The molecule has 0 fully saturated rings. The topological polar surface area (TPSA) is 54.7 Å². The lowest BCUT2D eigenvalue weighted by atomic mass is 9.93. The predicted octanol–water partition coefficient (Wildman–Crippen LogP) is 3.96. The molecule has 1 heterocycles. The van der Waals surface area contributed by atoms with Crippen molar-refractivity contribution in [2.75, 3.05) is 0 Å². The van der Waals surface area contributed by atoms with Gasteiger partial charge >= 0.3 is 0 Å². The van der Waals surface area contributed by atoms with Crippen LogP contribution in [0.5, 0.6) is 0 Å². The number of nitrogens with two attached hydrogens (primary N) is 1. The zero-order chi connectivity index (χ0) is 13.8. The molecule has 0 aliphatic rings. The van der Waals surface area contributed by atoms with Crippen LogP contribution in [0, 0.1) is 6.92 Å². The van der Waals surface area contributed by atoms with Crippen molar-refractivity contribution in [2.24, 2.45) is 5.73 Å². The maximum Gasteiger partial charge on any atom is 0.109 e. The molecule has 3 nitrogen and oxygen atoms in total. The van der Waals surface area contributed by atoms with Gasteiger partial charge in [0.25, 0.3) is 0 Å². The Kier molecular flexibility index (Phi) is 4.61. The summed E-state index contributed by atoms with van der Waals surface area (Å²) in [6.07, 6.45) is 3.84. The fourth-order valence-corrected chi connectivity index (χ4v) is 2.39. The molecule has 0 saturated carbocycles. The van der Waals surface area contributed by atoms with Crippen LogP contribution in [0.3, 0.4) is 0 Å². The molecule has 0 aliphatic heterocycles. The van der Waals surface area contributed by atoms with Gasteiger partial charge in [0.1, 0.15) is 5.82 Å². The third kappa shape index (κ3) is 3.58. The van der Waals surface area contributed by atoms with E-state index in [-0.39, 0.29) is 6.04 Å². The van der Waals surface area contributed by atoms with E-state index < -0.39 is 0 Å². The molecule has 0 spiro atoms. The number of aromatic amines is 1. The van der Waals surface area contributed by atoms with Crippen molar-refractivity contribution in [1.82, 2.24) is 9.97 Å². The molecule has 0 aliphatic carbocycles. The fourth-order valence-electron chi connectivity index (χ4n) is 2.27. The number of benzene rings is 1. The van der Waals surface area contributed by atoms with Crippen LogP contribution in [0.4, 0.5) is 0 Å². The van der Waals surface area contributed by atoms with Crippen molar-refractivity contribution >= 4 is 11.6 Å². The SMILES string of the molecule is CCC(CC(N)c1ccc(Cl)cc1)c1nc(C)c[nH]1. The minimum Gasteiger partial charge on any atom is -0.348 e. The zero-order valence-electron chi connectivity index (χ0n) is 11.4. The highest BCUT2D eigenvalue weighted by Gasteiger charge is 2.17. The Hall–Kier alpha value is -1.32. The minimum atomic E-state index is 0.00706. The molecule has 2 atom stereocenters. The first-order chi connectivity index (χ1) is 9.10. The molecule has 2 rings (SSSR count). The number of imidazole rings is 1. The molecular formula is C15H20ClN3. The van der Waals surface area contributed by atoms with Gasteiger partial charge in [0, 0.05) is 23.2 Å². The number of aryl methyl sites for hydroxylation is 1. The average Bonchev–Trinajstić information content (AvgIpc) is 2.83. The van der Waals surface area contributed by atoms with Crippen molar-refractivity contribution in [3.05, 3.63) is 52.6 Å². The first-order valence-electron chi connectivity index (χ1n) is 6.63. The molecule has 102 valence electrons. The molecule has 2 aromatic rings. The first-order valence-corrected chi connectivity index (χ1v) is 7.01. The highest BCUT2D eigenvalue weighted by molar-refractivity contribution is 6.30. The van der Waals surface area contributed by atoms with Gasteiger partial charge in [-0.3, -0.25) is 0 Å². The van der Waals surface area contributed by atoms with Gasteiger partial charge in [-0.15, -0.1) is 0 Å². The monoisotopic (exact) mass is 277 g/mol. The summed E-state index contributed by atoms with van der Waals surface area (Å²) in [5, 5.41) is 0.740. The number of nitrogens with zero attached hydrogens (tertiary/aromatic N) is 1. The van der Waals surface area contributed by atoms with Crippen LogP contribution in [0.15, 0.2) is 30.5 Å². The first kappa shape index (κ1) is 14.1. The lowest BCUT2D eigenvalue weighted by Crippen LogP contribution is -2.15. The second-order valence-electron chi connectivity index (χ2n) is 4.93. The van der Waals surface area contributed by atoms with E-state index in [2.05, 4.69) is 16.9 Å². The maximum absolute atomic E-state index is 6.28. The van der Waals surface area contributed by atoms with Crippen molar-refractivity contribution in [2.45, 2.75) is 38.6 Å². The Morgan fingerprint density at radius 3 is 2.53 bits per heavy atom. The predicted molar refractivity (Wildman–Crippen MR) is 79.4 cm³/mol. The summed E-state index contributed by atoms with van der Waals surface area (Å²) in [5.74, 6) is 1.39. The molecule has 0 radical (unpaired) electrons. The van der Waals surface area contributed by atoms with Crippen LogP contribution in [0.1, 0.15) is 48.8 Å². The molecule has 2 unspecified atom stereocenters. The third-order valence-corrected chi connectivity index (χ3v) is 3.69. The summed E-state index contributed by atoms with van der Waals surface area (Å²) in [5.41, 5.74) is 8.42. The van der Waals surface area contributed by atoms with Crippen LogP contribution in [0.25, 0.3) is 0 Å². The molecular weight excluding hydrogens is 258 g/mol. The summed E-state index contributed by atoms with van der Waals surface area (Å²) in [6, 6.07) is 7.76. The number of halogens is 1. The van der Waals surface area contributed by atoms with Gasteiger partial charge in [0.05, 0.1) is 5.69 Å². The molecule has 0 amide bonds. The van der Waals surface area contributed by atoms with E-state index in [1.54, 1.807) is 0 Å². The summed E-state index contributed by atoms with van der Waals surface area (Å²) in [7, 11) is 0. The second-order valence-corrected chi connectivity index (χ2v) is 5.36. The van der Waals surface area contributed by atoms with E-state index in [1.807, 2.05) is 37.4 Å². The molecule has 1 aromatic heterocycles. The van der Waals surface area contributed by atoms with E-state index in [9.17, 15) is 0 Å². The van der Waals surface area contributed by atoms with Gasteiger partial charge < -0.3 is 10.7 Å². The van der Waals surface area contributed by atoms with Gasteiger partial charge in [0.2, 0.25) is 0 Å².